The molecule has 1 aliphatic rings. The highest BCUT2D eigenvalue weighted by Gasteiger charge is 2.32. The summed E-state index contributed by atoms with van der Waals surface area (Å²) in [4.78, 5) is 29.8. The third kappa shape index (κ3) is 4.03. The van der Waals surface area contributed by atoms with Gasteiger partial charge in [0.2, 0.25) is 5.91 Å². The van der Waals surface area contributed by atoms with E-state index in [0.717, 1.165) is 11.3 Å². The Morgan fingerprint density at radius 1 is 1.28 bits per heavy atom. The Morgan fingerprint density at radius 3 is 2.83 bits per heavy atom. The van der Waals surface area contributed by atoms with Crippen LogP contribution in [0.4, 0.5) is 10.5 Å². The van der Waals surface area contributed by atoms with Gasteiger partial charge >= 0.3 is 6.09 Å². The standard InChI is InChI=1S/C20H22N6O3/c1-13(2)10-17(27)22-11-16-12-26(20(28)29-16)15-6-4-14(5-7-15)18-23-24-19-21-8-3-9-25(18)19/h3-9,13,16H,10-12H2,1-2H3,(H,22,27)/t16-/m0/s1. The Bertz CT molecular complexity index is 1030. The number of cyclic esters (lactones) is 1. The van der Waals surface area contributed by atoms with E-state index in [9.17, 15) is 9.59 Å². The van der Waals surface area contributed by atoms with Gasteiger partial charge in [-0.2, -0.15) is 0 Å². The molecule has 4 rings (SSSR count). The Balaban J connectivity index is 1.42. The van der Waals surface area contributed by atoms with Gasteiger partial charge in [-0.3, -0.25) is 14.1 Å². The summed E-state index contributed by atoms with van der Waals surface area (Å²) >= 11 is 0. The first kappa shape index (κ1) is 18.9. The topological polar surface area (TPSA) is 102 Å². The summed E-state index contributed by atoms with van der Waals surface area (Å²) < 4.78 is 7.18. The minimum absolute atomic E-state index is 0.0334. The van der Waals surface area contributed by atoms with Crippen molar-refractivity contribution in [3.8, 4) is 11.4 Å². The van der Waals surface area contributed by atoms with Gasteiger partial charge in [0.05, 0.1) is 13.1 Å². The zero-order valence-electron chi connectivity index (χ0n) is 16.3. The number of carbonyl (C=O) groups excluding carboxylic acids is 2. The average Bonchev–Trinajstić information content (AvgIpc) is 3.29. The highest BCUT2D eigenvalue weighted by molar-refractivity contribution is 5.90. The molecular weight excluding hydrogens is 372 g/mol. The third-order valence-corrected chi connectivity index (χ3v) is 4.62. The zero-order chi connectivity index (χ0) is 20.4. The number of nitrogens with zero attached hydrogens (tertiary/aromatic N) is 5. The number of rotatable bonds is 6. The molecule has 2 aromatic heterocycles. The van der Waals surface area contributed by atoms with Crippen LogP contribution in [0.2, 0.25) is 0 Å². The minimum atomic E-state index is -0.419. The molecule has 9 heteroatoms. The fraction of sp³-hybridized carbons (Fsp3) is 0.350. The molecule has 1 fully saturated rings. The summed E-state index contributed by atoms with van der Waals surface area (Å²) in [6.45, 7) is 4.67. The second-order valence-corrected chi connectivity index (χ2v) is 7.38. The zero-order valence-corrected chi connectivity index (χ0v) is 16.3. The number of anilines is 1. The number of nitrogens with one attached hydrogen (secondary N) is 1. The van der Waals surface area contributed by atoms with Crippen molar-refractivity contribution in [1.29, 1.82) is 0 Å². The molecule has 0 saturated carbocycles. The first-order valence-electron chi connectivity index (χ1n) is 9.52. The van der Waals surface area contributed by atoms with Gasteiger partial charge in [-0.25, -0.2) is 9.78 Å². The second-order valence-electron chi connectivity index (χ2n) is 7.38. The molecule has 29 heavy (non-hydrogen) atoms. The van der Waals surface area contributed by atoms with Crippen LogP contribution in [-0.4, -0.2) is 50.8 Å². The number of benzene rings is 1. The van der Waals surface area contributed by atoms with E-state index in [-0.39, 0.29) is 17.9 Å². The van der Waals surface area contributed by atoms with Crippen LogP contribution in [0.15, 0.2) is 42.7 Å². The van der Waals surface area contributed by atoms with Crippen LogP contribution >= 0.6 is 0 Å². The van der Waals surface area contributed by atoms with Gasteiger partial charge in [0, 0.05) is 30.1 Å². The first-order valence-corrected chi connectivity index (χ1v) is 9.52. The Hall–Kier alpha value is -3.49. The number of fused-ring (bicyclic) bond motifs is 1. The number of hydrogen-bond acceptors (Lipinski definition) is 6. The quantitative estimate of drug-likeness (QED) is 0.688. The van der Waals surface area contributed by atoms with Gasteiger partial charge in [-0.15, -0.1) is 10.2 Å². The van der Waals surface area contributed by atoms with Crippen LogP contribution in [0.3, 0.4) is 0 Å². The lowest BCUT2D eigenvalue weighted by Gasteiger charge is -2.14. The van der Waals surface area contributed by atoms with Gasteiger partial charge in [0.15, 0.2) is 5.82 Å². The van der Waals surface area contributed by atoms with E-state index in [1.54, 1.807) is 15.5 Å². The van der Waals surface area contributed by atoms with Gasteiger partial charge in [0.25, 0.3) is 5.78 Å². The van der Waals surface area contributed by atoms with Crippen molar-refractivity contribution >= 4 is 23.5 Å². The molecule has 9 nitrogen and oxygen atoms in total. The molecule has 1 atom stereocenters. The Labute approximate surface area is 167 Å². The van der Waals surface area contributed by atoms with Gasteiger partial charge in [-0.1, -0.05) is 13.8 Å². The summed E-state index contributed by atoms with van der Waals surface area (Å²) in [5.74, 6) is 1.45. The van der Waals surface area contributed by atoms with Crippen molar-refractivity contribution in [1.82, 2.24) is 24.9 Å². The predicted molar refractivity (Wildman–Crippen MR) is 106 cm³/mol. The monoisotopic (exact) mass is 394 g/mol. The molecule has 3 aromatic rings. The molecule has 3 heterocycles. The molecule has 1 aliphatic heterocycles. The molecule has 1 saturated heterocycles. The molecular formula is C20H22N6O3. The van der Waals surface area contributed by atoms with Gasteiger partial charge in [-0.05, 0) is 36.2 Å². The molecule has 0 unspecified atom stereocenters. The molecule has 1 aromatic carbocycles. The van der Waals surface area contributed by atoms with Gasteiger partial charge < -0.3 is 10.1 Å². The van der Waals surface area contributed by atoms with Crippen LogP contribution in [0.25, 0.3) is 17.2 Å². The Kier molecular flexibility index (Phi) is 5.11. The molecule has 150 valence electrons. The van der Waals surface area contributed by atoms with Crippen molar-refractivity contribution in [2.24, 2.45) is 5.92 Å². The van der Waals surface area contributed by atoms with E-state index in [1.807, 2.05) is 50.4 Å². The van der Waals surface area contributed by atoms with Crippen molar-refractivity contribution in [3.63, 3.8) is 0 Å². The van der Waals surface area contributed by atoms with Crippen molar-refractivity contribution in [2.45, 2.75) is 26.4 Å². The van der Waals surface area contributed by atoms with E-state index in [2.05, 4.69) is 20.5 Å². The van der Waals surface area contributed by atoms with E-state index < -0.39 is 6.09 Å². The Morgan fingerprint density at radius 2 is 2.07 bits per heavy atom. The molecule has 2 amide bonds. The molecule has 1 N–H and O–H groups in total. The third-order valence-electron chi connectivity index (χ3n) is 4.62. The smallest absolute Gasteiger partial charge is 0.414 e. The maximum absolute atomic E-state index is 12.3. The SMILES string of the molecule is CC(C)CC(=O)NC[C@H]1CN(c2ccc(-c3nnc4ncccn34)cc2)C(=O)O1. The van der Waals surface area contributed by atoms with E-state index in [0.29, 0.717) is 31.1 Å². The number of aromatic nitrogens is 4. The predicted octanol–water partition coefficient (Wildman–Crippen LogP) is 2.28. The van der Waals surface area contributed by atoms with Gasteiger partial charge in [0.1, 0.15) is 6.10 Å². The van der Waals surface area contributed by atoms with Crippen LogP contribution in [0, 0.1) is 5.92 Å². The highest BCUT2D eigenvalue weighted by Crippen LogP contribution is 2.25. The van der Waals surface area contributed by atoms with Crippen molar-refractivity contribution in [2.75, 3.05) is 18.0 Å². The van der Waals surface area contributed by atoms with Crippen molar-refractivity contribution in [3.05, 3.63) is 42.7 Å². The summed E-state index contributed by atoms with van der Waals surface area (Å²) in [5, 5.41) is 11.1. The normalized spacial score (nSPS) is 16.4. The maximum Gasteiger partial charge on any atom is 0.414 e. The lowest BCUT2D eigenvalue weighted by Crippen LogP contribution is -2.35. The van der Waals surface area contributed by atoms with E-state index in [4.69, 9.17) is 4.74 Å². The largest absolute Gasteiger partial charge is 0.442 e. The fourth-order valence-corrected chi connectivity index (χ4v) is 3.24. The maximum atomic E-state index is 12.3. The molecule has 0 bridgehead atoms. The summed E-state index contributed by atoms with van der Waals surface area (Å²) in [7, 11) is 0. The summed E-state index contributed by atoms with van der Waals surface area (Å²) in [5.41, 5.74) is 1.58. The highest BCUT2D eigenvalue weighted by atomic mass is 16.6. The number of carbonyl (C=O) groups is 2. The lowest BCUT2D eigenvalue weighted by atomic mass is 10.1. The van der Waals surface area contributed by atoms with Crippen LogP contribution in [0.1, 0.15) is 20.3 Å². The fourth-order valence-electron chi connectivity index (χ4n) is 3.24. The molecule has 0 aliphatic carbocycles. The number of amides is 2. The minimum Gasteiger partial charge on any atom is -0.442 e. The van der Waals surface area contributed by atoms with Crippen LogP contribution in [-0.2, 0) is 9.53 Å². The lowest BCUT2D eigenvalue weighted by molar-refractivity contribution is -0.122. The second kappa shape index (κ2) is 7.86. The first-order chi connectivity index (χ1) is 14.0. The van der Waals surface area contributed by atoms with E-state index >= 15 is 0 Å². The van der Waals surface area contributed by atoms with Crippen LogP contribution < -0.4 is 10.2 Å². The van der Waals surface area contributed by atoms with Crippen LogP contribution in [0.5, 0.6) is 0 Å². The molecule has 0 spiro atoms. The van der Waals surface area contributed by atoms with Crippen molar-refractivity contribution < 1.29 is 14.3 Å². The molecule has 0 radical (unpaired) electrons. The number of hydrogen-bond donors (Lipinski definition) is 1. The average molecular weight is 394 g/mol. The number of ether oxygens (including phenoxy) is 1. The summed E-state index contributed by atoms with van der Waals surface area (Å²) in [6, 6.07) is 9.25. The summed E-state index contributed by atoms with van der Waals surface area (Å²) in [6.07, 6.45) is 3.18. The van der Waals surface area contributed by atoms with E-state index in [1.165, 1.54) is 0 Å².